The Balaban J connectivity index is -0.000000245. The molecule has 0 amide bonds. The molecular formula is C4H7CaKO4. The van der Waals surface area contributed by atoms with Crippen LogP contribution < -0.4 is 0 Å². The van der Waals surface area contributed by atoms with Gasteiger partial charge in [-0.1, -0.05) is 0 Å². The van der Waals surface area contributed by atoms with Crippen molar-refractivity contribution in [1.29, 1.82) is 0 Å². The standard InChI is InChI=1S/C4H4O4.Ca.K.3H/c5-3(6)1-2-4(7)8;;;;;/h1-2H,(H,5,6)(H,7,8);;;;;/b2-1-;;;;;. The van der Waals surface area contributed by atoms with Gasteiger partial charge in [0.05, 0.1) is 0 Å². The molecule has 10 heavy (non-hydrogen) atoms. The first-order valence-corrected chi connectivity index (χ1v) is 1.77. The Labute approximate surface area is 130 Å². The second-order valence-corrected chi connectivity index (χ2v) is 1.01. The number of rotatable bonds is 2. The monoisotopic (exact) mass is 198 g/mol. The molecule has 0 aliphatic carbocycles. The Morgan fingerprint density at radius 3 is 1.30 bits per heavy atom. The van der Waals surface area contributed by atoms with Crippen molar-refractivity contribution < 1.29 is 19.8 Å². The summed E-state index contributed by atoms with van der Waals surface area (Å²) in [6, 6.07) is 0. The van der Waals surface area contributed by atoms with Gasteiger partial charge in [-0.05, 0) is 0 Å². The molecule has 6 heteroatoms. The Bertz CT molecular complexity index is 128. The van der Waals surface area contributed by atoms with Crippen LogP contribution in [0.4, 0.5) is 0 Å². The van der Waals surface area contributed by atoms with E-state index in [1.54, 1.807) is 0 Å². The van der Waals surface area contributed by atoms with Gasteiger partial charge in [0, 0.05) is 12.2 Å². The van der Waals surface area contributed by atoms with E-state index in [9.17, 15) is 9.59 Å². The van der Waals surface area contributed by atoms with Gasteiger partial charge >= 0.3 is 101 Å². The molecule has 0 bridgehead atoms. The zero-order valence-corrected chi connectivity index (χ0v) is 3.87. The number of hydrogen-bond donors (Lipinski definition) is 2. The molecule has 0 aliphatic heterocycles. The van der Waals surface area contributed by atoms with E-state index in [0.29, 0.717) is 12.2 Å². The molecule has 0 aromatic heterocycles. The average Bonchev–Trinajstić information content (AvgIpc) is 1.61. The van der Waals surface area contributed by atoms with E-state index in [4.69, 9.17) is 10.2 Å². The summed E-state index contributed by atoms with van der Waals surface area (Å²) < 4.78 is 0. The summed E-state index contributed by atoms with van der Waals surface area (Å²) in [6.45, 7) is 0. The van der Waals surface area contributed by atoms with Gasteiger partial charge in [-0.3, -0.25) is 0 Å². The van der Waals surface area contributed by atoms with Gasteiger partial charge in [0.25, 0.3) is 0 Å². The van der Waals surface area contributed by atoms with Gasteiger partial charge in [-0.2, -0.15) is 0 Å². The molecular weight excluding hydrogens is 191 g/mol. The van der Waals surface area contributed by atoms with Gasteiger partial charge < -0.3 is 10.2 Å². The molecule has 50 valence electrons. The van der Waals surface area contributed by atoms with Crippen LogP contribution in [0.3, 0.4) is 0 Å². The van der Waals surface area contributed by atoms with Crippen molar-refractivity contribution in [3.63, 3.8) is 0 Å². The Morgan fingerprint density at radius 2 is 1.20 bits per heavy atom. The number of carboxylic acids is 2. The molecule has 0 aliphatic rings. The molecule has 4 nitrogen and oxygen atoms in total. The summed E-state index contributed by atoms with van der Waals surface area (Å²) in [4.78, 5) is 19.1. The third-order valence-electron chi connectivity index (χ3n) is 0.368. The minimum atomic E-state index is -1.26. The van der Waals surface area contributed by atoms with Crippen LogP contribution >= 0.6 is 0 Å². The predicted octanol–water partition coefficient (Wildman–Crippen LogP) is -1.85. The first-order chi connectivity index (χ1) is 3.63. The number of carbonyl (C=O) groups is 2. The molecule has 0 saturated heterocycles. The summed E-state index contributed by atoms with van der Waals surface area (Å²) in [6.07, 6.45) is 1.12. The SMILES string of the molecule is O=C(O)/C=C\C(=O)O.[CaH2].[KH]. The Hall–Kier alpha value is 1.58. The average molecular weight is 198 g/mol. The van der Waals surface area contributed by atoms with Crippen molar-refractivity contribution >= 4 is 101 Å². The van der Waals surface area contributed by atoms with E-state index in [1.807, 2.05) is 0 Å². The molecule has 0 rings (SSSR count). The van der Waals surface area contributed by atoms with Crippen LogP contribution in [0.25, 0.3) is 0 Å². The van der Waals surface area contributed by atoms with E-state index in [-0.39, 0.29) is 89.1 Å². The summed E-state index contributed by atoms with van der Waals surface area (Å²) in [5.74, 6) is -2.51. The minimum absolute atomic E-state index is 0. The summed E-state index contributed by atoms with van der Waals surface area (Å²) in [5, 5.41) is 15.6. The number of hydrogen-bond acceptors (Lipinski definition) is 2. The maximum atomic E-state index is 9.55. The van der Waals surface area contributed by atoms with E-state index in [2.05, 4.69) is 0 Å². The van der Waals surface area contributed by atoms with Crippen molar-refractivity contribution in [2.75, 3.05) is 0 Å². The van der Waals surface area contributed by atoms with Gasteiger partial charge in [0.1, 0.15) is 0 Å². The van der Waals surface area contributed by atoms with Crippen LogP contribution in [0.1, 0.15) is 0 Å². The van der Waals surface area contributed by atoms with Crippen molar-refractivity contribution in [1.82, 2.24) is 0 Å². The molecule has 2 N–H and O–H groups in total. The van der Waals surface area contributed by atoms with Crippen LogP contribution in [-0.4, -0.2) is 111 Å². The Morgan fingerprint density at radius 1 is 1.00 bits per heavy atom. The van der Waals surface area contributed by atoms with Crippen molar-refractivity contribution in [2.45, 2.75) is 0 Å². The first-order valence-electron chi connectivity index (χ1n) is 1.77. The first kappa shape index (κ1) is 17.6. The second kappa shape index (κ2) is 10.6. The predicted molar refractivity (Wildman–Crippen MR) is 40.1 cm³/mol. The molecule has 0 saturated carbocycles. The third kappa shape index (κ3) is 16.3. The zero-order chi connectivity index (χ0) is 6.57. The molecule has 0 spiro atoms. The van der Waals surface area contributed by atoms with E-state index in [0.717, 1.165) is 0 Å². The van der Waals surface area contributed by atoms with Gasteiger partial charge in [-0.15, -0.1) is 0 Å². The number of aliphatic carboxylic acids is 2. The molecule has 0 aromatic carbocycles. The summed E-state index contributed by atoms with van der Waals surface area (Å²) in [5.41, 5.74) is 0. The molecule has 0 heterocycles. The van der Waals surface area contributed by atoms with E-state index >= 15 is 0 Å². The van der Waals surface area contributed by atoms with Crippen molar-refractivity contribution in [3.05, 3.63) is 12.2 Å². The fourth-order valence-electron chi connectivity index (χ4n) is 0.143. The third-order valence-corrected chi connectivity index (χ3v) is 0.368. The quantitative estimate of drug-likeness (QED) is 0.403. The van der Waals surface area contributed by atoms with Gasteiger partial charge in [-0.25, -0.2) is 9.59 Å². The maximum absolute atomic E-state index is 9.55. The fourth-order valence-corrected chi connectivity index (χ4v) is 0.143. The Kier molecular flexibility index (Phi) is 18.6. The summed E-state index contributed by atoms with van der Waals surface area (Å²) >= 11 is 0. The van der Waals surface area contributed by atoms with Crippen LogP contribution in [0.5, 0.6) is 0 Å². The molecule has 0 unspecified atom stereocenters. The normalized spacial score (nSPS) is 7.60. The molecule has 0 radical (unpaired) electrons. The topological polar surface area (TPSA) is 74.6 Å². The zero-order valence-electron chi connectivity index (χ0n) is 3.87. The van der Waals surface area contributed by atoms with Crippen LogP contribution in [0.15, 0.2) is 12.2 Å². The summed E-state index contributed by atoms with van der Waals surface area (Å²) in [7, 11) is 0. The molecule has 0 aromatic rings. The fraction of sp³-hybridized carbons (Fsp3) is 0. The van der Waals surface area contributed by atoms with Crippen LogP contribution in [-0.2, 0) is 9.59 Å². The van der Waals surface area contributed by atoms with E-state index in [1.165, 1.54) is 0 Å². The molecule has 0 atom stereocenters. The van der Waals surface area contributed by atoms with E-state index < -0.39 is 11.9 Å². The van der Waals surface area contributed by atoms with Crippen molar-refractivity contribution in [3.8, 4) is 0 Å². The second-order valence-electron chi connectivity index (χ2n) is 1.01. The number of carboxylic acid groups (broad SMARTS) is 2. The van der Waals surface area contributed by atoms with Crippen LogP contribution in [0.2, 0.25) is 0 Å². The molecule has 0 fully saturated rings. The van der Waals surface area contributed by atoms with Crippen molar-refractivity contribution in [2.24, 2.45) is 0 Å². The van der Waals surface area contributed by atoms with Crippen LogP contribution in [0, 0.1) is 0 Å². The van der Waals surface area contributed by atoms with Gasteiger partial charge in [0.15, 0.2) is 0 Å². The van der Waals surface area contributed by atoms with Gasteiger partial charge in [0.2, 0.25) is 0 Å².